The first-order valence-corrected chi connectivity index (χ1v) is 8.14. The van der Waals surface area contributed by atoms with E-state index in [2.05, 4.69) is 25.2 Å². The Kier molecular flexibility index (Phi) is 3.96. The van der Waals surface area contributed by atoms with Gasteiger partial charge in [0.15, 0.2) is 5.78 Å². The van der Waals surface area contributed by atoms with Crippen molar-refractivity contribution in [3.05, 3.63) is 52.4 Å². The second-order valence-corrected chi connectivity index (χ2v) is 7.32. The van der Waals surface area contributed by atoms with Crippen LogP contribution in [0.1, 0.15) is 45.1 Å². The van der Waals surface area contributed by atoms with Crippen molar-refractivity contribution in [3.63, 3.8) is 0 Å². The first-order valence-electron chi connectivity index (χ1n) is 8.14. The van der Waals surface area contributed by atoms with Gasteiger partial charge in [-0.3, -0.25) is 4.79 Å². The highest BCUT2D eigenvalue weighted by Crippen LogP contribution is 2.46. The molecule has 1 aromatic carbocycles. The first kappa shape index (κ1) is 16.3. The molecule has 0 radical (unpaired) electrons. The van der Waals surface area contributed by atoms with Gasteiger partial charge in [0.05, 0.1) is 24.7 Å². The Hall–Kier alpha value is -2.54. The number of Topliss-reactive ketones (excluding diaryl/α,β-unsaturated/α-hetero) is 1. The highest BCUT2D eigenvalue weighted by molar-refractivity contribution is 6.00. The molecule has 1 aliphatic carbocycles. The number of nitrogens with zero attached hydrogens (tertiary/aromatic N) is 1. The fraction of sp³-hybridized carbons (Fsp3) is 0.400. The van der Waals surface area contributed by atoms with Crippen LogP contribution in [0.15, 0.2) is 46.8 Å². The molecule has 4 nitrogen and oxygen atoms in total. The largest absolute Gasteiger partial charge is 0.497 e. The minimum absolute atomic E-state index is 0.0632. The Labute approximate surface area is 142 Å². The Morgan fingerprint density at radius 2 is 2.08 bits per heavy atom. The molecular formula is C20H22N2O2. The zero-order valence-corrected chi connectivity index (χ0v) is 14.6. The predicted octanol–water partition coefficient (Wildman–Crippen LogP) is 3.82. The average molecular weight is 322 g/mol. The molecule has 0 saturated carbocycles. The highest BCUT2D eigenvalue weighted by Gasteiger charge is 2.41. The minimum atomic E-state index is -0.315. The lowest BCUT2D eigenvalue weighted by Gasteiger charge is -2.38. The van der Waals surface area contributed by atoms with E-state index in [4.69, 9.17) is 4.74 Å². The topological polar surface area (TPSA) is 62.1 Å². The summed E-state index contributed by atoms with van der Waals surface area (Å²) in [5, 5.41) is 13.0. The Morgan fingerprint density at radius 3 is 2.75 bits per heavy atom. The van der Waals surface area contributed by atoms with Crippen molar-refractivity contribution in [2.75, 3.05) is 7.11 Å². The number of ether oxygens (including phenoxy) is 1. The summed E-state index contributed by atoms with van der Waals surface area (Å²) in [4.78, 5) is 12.9. The molecule has 1 atom stereocenters. The van der Waals surface area contributed by atoms with Crippen molar-refractivity contribution in [2.45, 2.75) is 39.5 Å². The molecule has 1 heterocycles. The normalized spacial score (nSPS) is 22.6. The summed E-state index contributed by atoms with van der Waals surface area (Å²) in [6, 6.07) is 9.95. The monoisotopic (exact) mass is 322 g/mol. The number of carbonyl (C=O) groups excluding carboxylic acids is 1. The van der Waals surface area contributed by atoms with Gasteiger partial charge in [0.25, 0.3) is 0 Å². The van der Waals surface area contributed by atoms with Crippen molar-refractivity contribution >= 4 is 5.78 Å². The standard InChI is InChI=1S/C20H22N2O2/c1-12-15(11-21)18(13-6-5-7-14(8-13)24-4)19-16(22-12)9-20(2,3)10-17(19)23/h5-8,18,22H,9-10H2,1-4H3/t18-/m1/s1. The van der Waals surface area contributed by atoms with Crippen molar-refractivity contribution in [1.82, 2.24) is 5.32 Å². The van der Waals surface area contributed by atoms with Gasteiger partial charge < -0.3 is 10.1 Å². The van der Waals surface area contributed by atoms with E-state index in [-0.39, 0.29) is 17.1 Å². The van der Waals surface area contributed by atoms with Crippen molar-refractivity contribution < 1.29 is 9.53 Å². The maximum atomic E-state index is 12.9. The molecule has 0 amide bonds. The van der Waals surface area contributed by atoms with Crippen LogP contribution in [0.4, 0.5) is 0 Å². The summed E-state index contributed by atoms with van der Waals surface area (Å²) in [7, 11) is 1.62. The van der Waals surface area contributed by atoms with Crippen LogP contribution in [0.25, 0.3) is 0 Å². The number of methoxy groups -OCH3 is 1. The average Bonchev–Trinajstić information content (AvgIpc) is 2.52. The third-order valence-electron chi connectivity index (χ3n) is 4.79. The summed E-state index contributed by atoms with van der Waals surface area (Å²) >= 11 is 0. The molecule has 1 aliphatic heterocycles. The van der Waals surface area contributed by atoms with E-state index in [1.807, 2.05) is 31.2 Å². The van der Waals surface area contributed by atoms with Gasteiger partial charge in [0, 0.05) is 23.4 Å². The van der Waals surface area contributed by atoms with Gasteiger partial charge in [-0.15, -0.1) is 0 Å². The second-order valence-electron chi connectivity index (χ2n) is 7.32. The van der Waals surface area contributed by atoms with E-state index in [1.54, 1.807) is 7.11 Å². The molecule has 0 unspecified atom stereocenters. The first-order chi connectivity index (χ1) is 11.4. The maximum absolute atomic E-state index is 12.9. The number of carbonyl (C=O) groups is 1. The molecule has 124 valence electrons. The van der Waals surface area contributed by atoms with E-state index in [1.165, 1.54) is 0 Å². The fourth-order valence-corrected chi connectivity index (χ4v) is 3.74. The lowest BCUT2D eigenvalue weighted by Crippen LogP contribution is -2.36. The quantitative estimate of drug-likeness (QED) is 0.899. The lowest BCUT2D eigenvalue weighted by molar-refractivity contribution is -0.118. The van der Waals surface area contributed by atoms with Crippen LogP contribution in [0.2, 0.25) is 0 Å². The number of rotatable bonds is 2. The number of ketones is 1. The highest BCUT2D eigenvalue weighted by atomic mass is 16.5. The van der Waals surface area contributed by atoms with Crippen molar-refractivity contribution in [1.29, 1.82) is 5.26 Å². The number of benzene rings is 1. The zero-order valence-electron chi connectivity index (χ0n) is 14.6. The molecule has 0 fully saturated rings. The van der Waals surface area contributed by atoms with Gasteiger partial charge in [0.2, 0.25) is 0 Å². The Morgan fingerprint density at radius 1 is 1.33 bits per heavy atom. The predicted molar refractivity (Wildman–Crippen MR) is 92.2 cm³/mol. The number of dihydropyridines is 1. The molecule has 24 heavy (non-hydrogen) atoms. The van der Waals surface area contributed by atoms with E-state index in [0.29, 0.717) is 12.0 Å². The van der Waals surface area contributed by atoms with Crippen molar-refractivity contribution in [3.8, 4) is 11.8 Å². The molecule has 1 aromatic rings. The van der Waals surface area contributed by atoms with Crippen LogP contribution >= 0.6 is 0 Å². The van der Waals surface area contributed by atoms with E-state index in [9.17, 15) is 10.1 Å². The number of nitrogens with one attached hydrogen (secondary N) is 1. The molecule has 0 bridgehead atoms. The zero-order chi connectivity index (χ0) is 17.5. The van der Waals surface area contributed by atoms with Gasteiger partial charge in [0.1, 0.15) is 5.75 Å². The van der Waals surface area contributed by atoms with Crippen LogP contribution in [0, 0.1) is 16.7 Å². The number of hydrogen-bond acceptors (Lipinski definition) is 4. The summed E-state index contributed by atoms with van der Waals surface area (Å²) in [5.41, 5.74) is 3.99. The molecule has 0 aromatic heterocycles. The summed E-state index contributed by atoms with van der Waals surface area (Å²) in [6.45, 7) is 6.12. The van der Waals surface area contributed by atoms with Crippen LogP contribution in [0.5, 0.6) is 5.75 Å². The van der Waals surface area contributed by atoms with Gasteiger partial charge in [-0.25, -0.2) is 0 Å². The number of allylic oxidation sites excluding steroid dienone is 4. The van der Waals surface area contributed by atoms with Crippen LogP contribution < -0.4 is 10.1 Å². The lowest BCUT2D eigenvalue weighted by atomic mass is 9.69. The smallest absolute Gasteiger partial charge is 0.162 e. The van der Waals surface area contributed by atoms with Gasteiger partial charge in [-0.2, -0.15) is 5.26 Å². The van der Waals surface area contributed by atoms with E-state index >= 15 is 0 Å². The minimum Gasteiger partial charge on any atom is -0.497 e. The van der Waals surface area contributed by atoms with Crippen molar-refractivity contribution in [2.24, 2.45) is 5.41 Å². The third kappa shape index (κ3) is 2.71. The van der Waals surface area contributed by atoms with E-state index in [0.717, 1.165) is 34.7 Å². The SMILES string of the molecule is COc1cccc([C@@H]2C(C#N)=C(C)NC3=C2C(=O)CC(C)(C)C3)c1. The molecule has 0 saturated heterocycles. The van der Waals surface area contributed by atoms with Gasteiger partial charge in [-0.1, -0.05) is 26.0 Å². The maximum Gasteiger partial charge on any atom is 0.162 e. The molecule has 3 rings (SSSR count). The third-order valence-corrected chi connectivity index (χ3v) is 4.79. The number of hydrogen-bond donors (Lipinski definition) is 1. The Bertz CT molecular complexity index is 809. The van der Waals surface area contributed by atoms with Crippen LogP contribution in [-0.4, -0.2) is 12.9 Å². The molecular weight excluding hydrogens is 300 g/mol. The summed E-state index contributed by atoms with van der Waals surface area (Å²) in [6.07, 6.45) is 1.32. The fourth-order valence-electron chi connectivity index (χ4n) is 3.74. The van der Waals surface area contributed by atoms with Gasteiger partial charge in [-0.05, 0) is 36.5 Å². The molecule has 4 heteroatoms. The van der Waals surface area contributed by atoms with Crippen LogP contribution in [0.3, 0.4) is 0 Å². The number of nitriles is 1. The molecule has 2 aliphatic rings. The molecule has 0 spiro atoms. The summed E-state index contributed by atoms with van der Waals surface area (Å²) in [5.74, 6) is 0.540. The molecule has 1 N–H and O–H groups in total. The Balaban J connectivity index is 2.18. The van der Waals surface area contributed by atoms with Crippen LogP contribution in [-0.2, 0) is 4.79 Å². The van der Waals surface area contributed by atoms with E-state index < -0.39 is 0 Å². The van der Waals surface area contributed by atoms with Gasteiger partial charge >= 0.3 is 0 Å². The summed E-state index contributed by atoms with van der Waals surface area (Å²) < 4.78 is 5.32. The second kappa shape index (κ2) is 5.83.